The third-order valence-electron chi connectivity index (χ3n) is 1.67. The fourth-order valence-electron chi connectivity index (χ4n) is 1.01. The van der Waals surface area contributed by atoms with Crippen molar-refractivity contribution >= 4 is 17.4 Å². The highest BCUT2D eigenvalue weighted by molar-refractivity contribution is 5.98. The number of nitrogens with two attached hydrogens (primary N) is 1. The zero-order chi connectivity index (χ0) is 10.7. The number of Topliss-reactive ketones (excluding diaryl/α,β-unsaturated/α-hetero) is 1. The maximum absolute atomic E-state index is 11.0. The van der Waals surface area contributed by atoms with Gasteiger partial charge in [0, 0.05) is 13.1 Å². The normalized spacial score (nSPS) is 9.57. The van der Waals surface area contributed by atoms with E-state index in [-0.39, 0.29) is 22.7 Å². The highest BCUT2D eigenvalue weighted by Gasteiger charge is 2.11. The van der Waals surface area contributed by atoms with Gasteiger partial charge in [-0.05, 0) is 6.07 Å². The topological polar surface area (TPSA) is 82.3 Å². The fourth-order valence-corrected chi connectivity index (χ4v) is 1.01. The molecular formula is C9H10N2O3. The van der Waals surface area contributed by atoms with Gasteiger partial charge in [-0.1, -0.05) is 0 Å². The SMILES string of the molecule is COC(=O)c1cnc(C(C)=O)c(N)c1. The van der Waals surface area contributed by atoms with E-state index < -0.39 is 5.97 Å². The predicted molar refractivity (Wildman–Crippen MR) is 50.0 cm³/mol. The van der Waals surface area contributed by atoms with Gasteiger partial charge in [0.05, 0.1) is 18.4 Å². The van der Waals surface area contributed by atoms with E-state index in [4.69, 9.17) is 5.73 Å². The number of esters is 1. The second-order valence-corrected chi connectivity index (χ2v) is 2.71. The molecule has 0 atom stereocenters. The summed E-state index contributed by atoms with van der Waals surface area (Å²) >= 11 is 0. The zero-order valence-electron chi connectivity index (χ0n) is 7.90. The molecular weight excluding hydrogens is 184 g/mol. The van der Waals surface area contributed by atoms with Gasteiger partial charge < -0.3 is 10.5 Å². The number of aromatic nitrogens is 1. The van der Waals surface area contributed by atoms with Gasteiger partial charge in [-0.3, -0.25) is 9.78 Å². The van der Waals surface area contributed by atoms with Gasteiger partial charge >= 0.3 is 5.97 Å². The number of pyridine rings is 1. The molecule has 0 fully saturated rings. The minimum atomic E-state index is -0.528. The number of ketones is 1. The van der Waals surface area contributed by atoms with Crippen molar-refractivity contribution in [3.05, 3.63) is 23.5 Å². The van der Waals surface area contributed by atoms with Crippen LogP contribution in [0.25, 0.3) is 0 Å². The van der Waals surface area contributed by atoms with Crippen LogP contribution in [0.3, 0.4) is 0 Å². The Labute approximate surface area is 80.9 Å². The standard InChI is InChI=1S/C9H10N2O3/c1-5(12)8-7(10)3-6(4-11-8)9(13)14-2/h3-4H,10H2,1-2H3. The van der Waals surface area contributed by atoms with Crippen molar-refractivity contribution < 1.29 is 14.3 Å². The lowest BCUT2D eigenvalue weighted by Gasteiger charge is -2.03. The molecule has 0 amide bonds. The molecule has 0 saturated carbocycles. The number of carbonyl (C=O) groups excluding carboxylic acids is 2. The molecule has 5 nitrogen and oxygen atoms in total. The van der Waals surface area contributed by atoms with Crippen molar-refractivity contribution in [3.63, 3.8) is 0 Å². The number of nitrogens with zero attached hydrogens (tertiary/aromatic N) is 1. The molecule has 0 aliphatic heterocycles. The van der Waals surface area contributed by atoms with Crippen molar-refractivity contribution in [2.45, 2.75) is 6.92 Å². The molecule has 0 aliphatic carbocycles. The van der Waals surface area contributed by atoms with Crippen molar-refractivity contribution in [1.29, 1.82) is 0 Å². The van der Waals surface area contributed by atoms with Crippen LogP contribution >= 0.6 is 0 Å². The van der Waals surface area contributed by atoms with Gasteiger partial charge in [-0.2, -0.15) is 0 Å². The summed E-state index contributed by atoms with van der Waals surface area (Å²) in [5, 5.41) is 0. The second-order valence-electron chi connectivity index (χ2n) is 2.71. The summed E-state index contributed by atoms with van der Waals surface area (Å²) in [6.45, 7) is 1.36. The Bertz CT molecular complexity index is 388. The predicted octanol–water partition coefficient (Wildman–Crippen LogP) is 0.653. The lowest BCUT2D eigenvalue weighted by atomic mass is 10.2. The molecule has 1 heterocycles. The summed E-state index contributed by atoms with van der Waals surface area (Å²) in [6.07, 6.45) is 1.26. The van der Waals surface area contributed by atoms with Crippen LogP contribution < -0.4 is 5.73 Å². The molecule has 5 heteroatoms. The average molecular weight is 194 g/mol. The summed E-state index contributed by atoms with van der Waals surface area (Å²) in [7, 11) is 1.26. The Balaban J connectivity index is 3.12. The first kappa shape index (κ1) is 10.2. The number of methoxy groups -OCH3 is 1. The highest BCUT2D eigenvalue weighted by atomic mass is 16.5. The lowest BCUT2D eigenvalue weighted by molar-refractivity contribution is 0.0600. The molecule has 0 unspecified atom stereocenters. The molecule has 1 aromatic heterocycles. The van der Waals surface area contributed by atoms with Crippen LogP contribution in [0.1, 0.15) is 27.8 Å². The summed E-state index contributed by atoms with van der Waals surface area (Å²) in [5.74, 6) is -0.766. The first-order chi connectivity index (χ1) is 6.56. The van der Waals surface area contributed by atoms with Gasteiger partial charge in [0.25, 0.3) is 0 Å². The average Bonchev–Trinajstić information content (AvgIpc) is 2.15. The minimum absolute atomic E-state index is 0.164. The molecule has 0 spiro atoms. The number of ether oxygens (including phenoxy) is 1. The third kappa shape index (κ3) is 1.87. The number of anilines is 1. The van der Waals surface area contributed by atoms with Crippen LogP contribution in [0.5, 0.6) is 0 Å². The van der Waals surface area contributed by atoms with Crippen molar-refractivity contribution in [2.75, 3.05) is 12.8 Å². The smallest absolute Gasteiger partial charge is 0.339 e. The number of hydrogen-bond donors (Lipinski definition) is 1. The van der Waals surface area contributed by atoms with E-state index in [1.165, 1.54) is 26.3 Å². The fraction of sp³-hybridized carbons (Fsp3) is 0.222. The van der Waals surface area contributed by atoms with E-state index in [0.717, 1.165) is 0 Å². The Hall–Kier alpha value is -1.91. The van der Waals surface area contributed by atoms with E-state index >= 15 is 0 Å². The number of carbonyl (C=O) groups is 2. The molecule has 0 aliphatic rings. The Morgan fingerprint density at radius 3 is 2.57 bits per heavy atom. The Kier molecular flexibility index (Phi) is 2.81. The Morgan fingerprint density at radius 2 is 2.14 bits per heavy atom. The molecule has 0 aromatic carbocycles. The van der Waals surface area contributed by atoms with Crippen molar-refractivity contribution in [1.82, 2.24) is 4.98 Å². The molecule has 14 heavy (non-hydrogen) atoms. The Morgan fingerprint density at radius 1 is 1.50 bits per heavy atom. The minimum Gasteiger partial charge on any atom is -0.465 e. The summed E-state index contributed by atoms with van der Waals surface area (Å²) in [5.41, 5.74) is 6.10. The van der Waals surface area contributed by atoms with E-state index in [1.54, 1.807) is 0 Å². The molecule has 1 rings (SSSR count). The van der Waals surface area contributed by atoms with Crippen LogP contribution in [0.15, 0.2) is 12.3 Å². The molecule has 2 N–H and O–H groups in total. The van der Waals surface area contributed by atoms with Gasteiger partial charge in [0.1, 0.15) is 5.69 Å². The highest BCUT2D eigenvalue weighted by Crippen LogP contribution is 2.12. The monoisotopic (exact) mass is 194 g/mol. The van der Waals surface area contributed by atoms with Gasteiger partial charge in [0.15, 0.2) is 5.78 Å². The zero-order valence-corrected chi connectivity index (χ0v) is 7.90. The molecule has 0 radical (unpaired) electrons. The maximum atomic E-state index is 11.0. The lowest BCUT2D eigenvalue weighted by Crippen LogP contribution is -2.08. The number of nitrogen functional groups attached to an aromatic ring is 1. The van der Waals surface area contributed by atoms with Crippen LogP contribution in [0.2, 0.25) is 0 Å². The quantitative estimate of drug-likeness (QED) is 0.552. The van der Waals surface area contributed by atoms with Crippen molar-refractivity contribution in [3.8, 4) is 0 Å². The maximum Gasteiger partial charge on any atom is 0.339 e. The first-order valence-corrected chi connectivity index (χ1v) is 3.91. The van der Waals surface area contributed by atoms with Crippen LogP contribution in [0.4, 0.5) is 5.69 Å². The van der Waals surface area contributed by atoms with E-state index in [0.29, 0.717) is 0 Å². The number of hydrogen-bond acceptors (Lipinski definition) is 5. The van der Waals surface area contributed by atoms with Crippen LogP contribution in [-0.2, 0) is 4.74 Å². The van der Waals surface area contributed by atoms with E-state index in [9.17, 15) is 9.59 Å². The summed E-state index contributed by atoms with van der Waals surface area (Å²) < 4.78 is 4.47. The van der Waals surface area contributed by atoms with E-state index in [1.807, 2.05) is 0 Å². The van der Waals surface area contributed by atoms with Gasteiger partial charge in [0.2, 0.25) is 0 Å². The molecule has 0 bridgehead atoms. The van der Waals surface area contributed by atoms with Crippen LogP contribution in [-0.4, -0.2) is 23.8 Å². The first-order valence-electron chi connectivity index (χ1n) is 3.91. The van der Waals surface area contributed by atoms with Crippen molar-refractivity contribution in [2.24, 2.45) is 0 Å². The van der Waals surface area contributed by atoms with Gasteiger partial charge in [-0.15, -0.1) is 0 Å². The molecule has 1 aromatic rings. The largest absolute Gasteiger partial charge is 0.465 e. The number of rotatable bonds is 2. The second kappa shape index (κ2) is 3.87. The van der Waals surface area contributed by atoms with Crippen LogP contribution in [0, 0.1) is 0 Å². The summed E-state index contributed by atoms with van der Waals surface area (Å²) in [6, 6.07) is 1.37. The van der Waals surface area contributed by atoms with E-state index in [2.05, 4.69) is 9.72 Å². The summed E-state index contributed by atoms with van der Waals surface area (Å²) in [4.78, 5) is 25.8. The molecule has 74 valence electrons. The molecule has 0 saturated heterocycles. The van der Waals surface area contributed by atoms with Gasteiger partial charge in [-0.25, -0.2) is 4.79 Å². The third-order valence-corrected chi connectivity index (χ3v) is 1.67.